The highest BCUT2D eigenvalue weighted by Crippen LogP contribution is 2.32. The fourth-order valence-corrected chi connectivity index (χ4v) is 2.94. The molecule has 0 bridgehead atoms. The van der Waals surface area contributed by atoms with Crippen molar-refractivity contribution in [1.82, 2.24) is 15.2 Å². The lowest BCUT2D eigenvalue weighted by Gasteiger charge is -2.32. The molecule has 2 heterocycles. The number of aromatic nitrogens is 1. The van der Waals surface area contributed by atoms with E-state index in [9.17, 15) is 9.59 Å². The molecule has 6 nitrogen and oxygen atoms in total. The summed E-state index contributed by atoms with van der Waals surface area (Å²) >= 11 is 0. The molecule has 2 aliphatic rings. The van der Waals surface area contributed by atoms with E-state index in [-0.39, 0.29) is 5.91 Å². The third kappa shape index (κ3) is 4.00. The number of pyridine rings is 1. The number of hydrogen-bond acceptors (Lipinski definition) is 4. The predicted octanol–water partition coefficient (Wildman–Crippen LogP) is 1.47. The Kier molecular flexibility index (Phi) is 4.79. The van der Waals surface area contributed by atoms with Gasteiger partial charge in [0.25, 0.3) is 5.91 Å². The molecule has 0 spiro atoms. The molecule has 1 saturated carbocycles. The van der Waals surface area contributed by atoms with Gasteiger partial charge in [0.2, 0.25) is 5.91 Å². The van der Waals surface area contributed by atoms with E-state index in [0.29, 0.717) is 35.7 Å². The van der Waals surface area contributed by atoms with Gasteiger partial charge in [-0.2, -0.15) is 0 Å². The first-order valence-electron chi connectivity index (χ1n) is 8.24. The smallest absolute Gasteiger partial charge is 0.270 e. The molecule has 1 N–H and O–H groups in total. The van der Waals surface area contributed by atoms with Crippen molar-refractivity contribution < 1.29 is 14.3 Å². The summed E-state index contributed by atoms with van der Waals surface area (Å²) in [5, 5.41) is 2.94. The van der Waals surface area contributed by atoms with Crippen molar-refractivity contribution in [2.75, 3.05) is 26.7 Å². The van der Waals surface area contributed by atoms with Crippen LogP contribution in [-0.4, -0.2) is 48.4 Å². The zero-order valence-electron chi connectivity index (χ0n) is 13.5. The van der Waals surface area contributed by atoms with Crippen molar-refractivity contribution >= 4 is 11.8 Å². The van der Waals surface area contributed by atoms with Crippen molar-refractivity contribution in [2.45, 2.75) is 25.7 Å². The average molecular weight is 317 g/mol. The van der Waals surface area contributed by atoms with Gasteiger partial charge in [0.05, 0.1) is 7.11 Å². The van der Waals surface area contributed by atoms with Gasteiger partial charge < -0.3 is 15.0 Å². The number of carbonyl (C=O) groups is 2. The molecule has 0 radical (unpaired) electrons. The van der Waals surface area contributed by atoms with Crippen LogP contribution in [0.4, 0.5) is 0 Å². The Morgan fingerprint density at radius 1 is 1.30 bits per heavy atom. The molecule has 1 aliphatic carbocycles. The fraction of sp³-hybridized carbons (Fsp3) is 0.588. The number of rotatable bonds is 5. The molecule has 0 atom stereocenters. The van der Waals surface area contributed by atoms with Crippen LogP contribution in [0, 0.1) is 11.8 Å². The van der Waals surface area contributed by atoms with Crippen molar-refractivity contribution in [3.8, 4) is 5.75 Å². The Bertz CT molecular complexity index is 578. The summed E-state index contributed by atoms with van der Waals surface area (Å²) < 4.78 is 5.10. The number of methoxy groups -OCH3 is 1. The molecule has 1 aliphatic heterocycles. The zero-order valence-corrected chi connectivity index (χ0v) is 13.5. The van der Waals surface area contributed by atoms with Gasteiger partial charge in [-0.05, 0) is 37.7 Å². The molecule has 2 amide bonds. The van der Waals surface area contributed by atoms with Crippen LogP contribution >= 0.6 is 0 Å². The summed E-state index contributed by atoms with van der Waals surface area (Å²) in [5.74, 6) is 1.49. The lowest BCUT2D eigenvalue weighted by atomic mass is 9.96. The van der Waals surface area contributed by atoms with Crippen LogP contribution in [0.15, 0.2) is 18.3 Å². The lowest BCUT2D eigenvalue weighted by Crippen LogP contribution is -2.42. The maximum atomic E-state index is 12.1. The van der Waals surface area contributed by atoms with Gasteiger partial charge in [-0.3, -0.25) is 14.6 Å². The predicted molar refractivity (Wildman–Crippen MR) is 85.2 cm³/mol. The maximum Gasteiger partial charge on any atom is 0.270 e. The molecule has 6 heteroatoms. The minimum Gasteiger partial charge on any atom is -0.497 e. The highest BCUT2D eigenvalue weighted by atomic mass is 16.5. The number of ether oxygens (including phenoxy) is 1. The first-order chi connectivity index (χ1) is 11.2. The average Bonchev–Trinajstić information content (AvgIpc) is 3.44. The number of hydrogen-bond donors (Lipinski definition) is 1. The van der Waals surface area contributed by atoms with Gasteiger partial charge in [-0.15, -0.1) is 0 Å². The Hall–Kier alpha value is -2.11. The van der Waals surface area contributed by atoms with Gasteiger partial charge in [0.15, 0.2) is 0 Å². The number of likely N-dealkylation sites (tertiary alicyclic amines) is 1. The maximum absolute atomic E-state index is 12.1. The number of amides is 2. The van der Waals surface area contributed by atoms with Gasteiger partial charge in [0, 0.05) is 37.8 Å². The van der Waals surface area contributed by atoms with Gasteiger partial charge in [-0.1, -0.05) is 0 Å². The summed E-state index contributed by atoms with van der Waals surface area (Å²) in [7, 11) is 1.56. The van der Waals surface area contributed by atoms with Gasteiger partial charge >= 0.3 is 0 Å². The summed E-state index contributed by atoms with van der Waals surface area (Å²) in [6.45, 7) is 2.25. The molecule has 1 aromatic heterocycles. The van der Waals surface area contributed by atoms with Crippen LogP contribution in [-0.2, 0) is 4.79 Å². The third-order valence-electron chi connectivity index (χ3n) is 4.60. The summed E-state index contributed by atoms with van der Waals surface area (Å²) in [4.78, 5) is 30.2. The molecular weight excluding hydrogens is 294 g/mol. The SMILES string of the molecule is COc1ccnc(C(=O)NCC2CCN(C(=O)C3CC3)CC2)c1. The number of carbonyl (C=O) groups excluding carboxylic acids is 2. The van der Waals surface area contributed by atoms with E-state index in [1.807, 2.05) is 4.90 Å². The minimum atomic E-state index is -0.180. The fourth-order valence-electron chi connectivity index (χ4n) is 2.94. The number of nitrogens with zero attached hydrogens (tertiary/aromatic N) is 2. The van der Waals surface area contributed by atoms with Crippen molar-refractivity contribution in [2.24, 2.45) is 11.8 Å². The molecule has 3 rings (SSSR count). The largest absolute Gasteiger partial charge is 0.497 e. The van der Waals surface area contributed by atoms with Crippen LogP contribution in [0.2, 0.25) is 0 Å². The van der Waals surface area contributed by atoms with E-state index in [2.05, 4.69) is 10.3 Å². The van der Waals surface area contributed by atoms with Crippen LogP contribution in [0.1, 0.15) is 36.2 Å². The van der Waals surface area contributed by atoms with E-state index in [4.69, 9.17) is 4.74 Å². The van der Waals surface area contributed by atoms with E-state index >= 15 is 0 Å². The van der Waals surface area contributed by atoms with E-state index < -0.39 is 0 Å². The van der Waals surface area contributed by atoms with Crippen LogP contribution in [0.3, 0.4) is 0 Å². The van der Waals surface area contributed by atoms with Gasteiger partial charge in [-0.25, -0.2) is 0 Å². The third-order valence-corrected chi connectivity index (χ3v) is 4.60. The van der Waals surface area contributed by atoms with Gasteiger partial charge in [0.1, 0.15) is 11.4 Å². The first-order valence-corrected chi connectivity index (χ1v) is 8.24. The molecule has 1 saturated heterocycles. The second-order valence-corrected chi connectivity index (χ2v) is 6.33. The highest BCUT2D eigenvalue weighted by molar-refractivity contribution is 5.92. The summed E-state index contributed by atoms with van der Waals surface area (Å²) in [6.07, 6.45) is 5.58. The Labute approximate surface area is 136 Å². The monoisotopic (exact) mass is 317 g/mol. The number of nitrogens with one attached hydrogen (secondary N) is 1. The number of piperidine rings is 1. The van der Waals surface area contributed by atoms with Crippen LogP contribution < -0.4 is 10.1 Å². The topological polar surface area (TPSA) is 71.5 Å². The van der Waals surface area contributed by atoms with Crippen molar-refractivity contribution in [3.05, 3.63) is 24.0 Å². The normalized spacial score (nSPS) is 18.6. The molecule has 23 heavy (non-hydrogen) atoms. The molecule has 0 unspecified atom stereocenters. The summed E-state index contributed by atoms with van der Waals surface area (Å²) in [6, 6.07) is 3.34. The molecular formula is C17H23N3O3. The Balaban J connectivity index is 1.43. The standard InChI is InChI=1S/C17H23N3O3/c1-23-14-4-7-18-15(10-14)16(21)19-11-12-5-8-20(9-6-12)17(22)13-2-3-13/h4,7,10,12-13H,2-3,5-6,8-9,11H2,1H3,(H,19,21). The highest BCUT2D eigenvalue weighted by Gasteiger charge is 2.34. The van der Waals surface area contributed by atoms with Crippen molar-refractivity contribution in [3.63, 3.8) is 0 Å². The van der Waals surface area contributed by atoms with E-state index in [1.165, 1.54) is 0 Å². The Morgan fingerprint density at radius 3 is 2.70 bits per heavy atom. The van der Waals surface area contributed by atoms with Crippen molar-refractivity contribution in [1.29, 1.82) is 0 Å². The first kappa shape index (κ1) is 15.8. The molecule has 1 aromatic rings. The van der Waals surface area contributed by atoms with E-state index in [1.54, 1.807) is 25.4 Å². The lowest BCUT2D eigenvalue weighted by molar-refractivity contribution is -0.133. The quantitative estimate of drug-likeness (QED) is 0.892. The molecule has 2 fully saturated rings. The molecule has 0 aromatic carbocycles. The minimum absolute atomic E-state index is 0.180. The van der Waals surface area contributed by atoms with Crippen LogP contribution in [0.25, 0.3) is 0 Å². The van der Waals surface area contributed by atoms with Crippen LogP contribution in [0.5, 0.6) is 5.75 Å². The summed E-state index contributed by atoms with van der Waals surface area (Å²) in [5.41, 5.74) is 0.366. The zero-order chi connectivity index (χ0) is 16.2. The molecule has 124 valence electrons. The second-order valence-electron chi connectivity index (χ2n) is 6.33. The Morgan fingerprint density at radius 2 is 2.04 bits per heavy atom. The second kappa shape index (κ2) is 6.98. The van der Waals surface area contributed by atoms with E-state index in [0.717, 1.165) is 38.8 Å².